The molecule has 0 amide bonds. The zero-order chi connectivity index (χ0) is 11.4. The molecular weight excluding hydrogens is 190 g/mol. The van der Waals surface area contributed by atoms with E-state index >= 15 is 0 Å². The van der Waals surface area contributed by atoms with Gasteiger partial charge >= 0.3 is 0 Å². The Labute approximate surface area is 90.2 Å². The molecule has 3 heteroatoms. The third-order valence-electron chi connectivity index (χ3n) is 2.42. The van der Waals surface area contributed by atoms with E-state index in [0.717, 1.165) is 22.4 Å². The molecule has 0 saturated carbocycles. The van der Waals surface area contributed by atoms with Gasteiger partial charge in [0, 0.05) is 12.7 Å². The van der Waals surface area contributed by atoms with Gasteiger partial charge in [-0.25, -0.2) is 0 Å². The number of benzene rings is 1. The highest BCUT2D eigenvalue weighted by Gasteiger charge is 2.15. The molecule has 0 spiro atoms. The van der Waals surface area contributed by atoms with Crippen molar-refractivity contribution >= 4 is 0 Å². The highest BCUT2D eigenvalue weighted by atomic mass is 16.5. The van der Waals surface area contributed by atoms with Gasteiger partial charge in [-0.3, -0.25) is 0 Å². The number of hydrogen-bond acceptors (Lipinski definition) is 3. The fourth-order valence-corrected chi connectivity index (χ4v) is 1.70. The number of nitrogens with zero attached hydrogens (tertiary/aromatic N) is 1. The fourth-order valence-electron chi connectivity index (χ4n) is 1.70. The predicted molar refractivity (Wildman–Crippen MR) is 57.8 cm³/mol. The first-order valence-electron chi connectivity index (χ1n) is 4.71. The van der Waals surface area contributed by atoms with Gasteiger partial charge in [0.05, 0.1) is 13.2 Å². The molecule has 0 N–H and O–H groups in total. The lowest BCUT2D eigenvalue weighted by atomic mass is 9.98. The van der Waals surface area contributed by atoms with Gasteiger partial charge in [-0.2, -0.15) is 5.26 Å². The molecule has 1 aromatic carbocycles. The van der Waals surface area contributed by atoms with Crippen LogP contribution in [0.4, 0.5) is 0 Å². The summed E-state index contributed by atoms with van der Waals surface area (Å²) < 4.78 is 10.3. The zero-order valence-corrected chi connectivity index (χ0v) is 9.50. The van der Waals surface area contributed by atoms with Crippen LogP contribution in [0.1, 0.15) is 22.8 Å². The molecule has 1 unspecified atom stereocenters. The van der Waals surface area contributed by atoms with Gasteiger partial charge in [0.15, 0.2) is 6.10 Å². The lowest BCUT2D eigenvalue weighted by Gasteiger charge is -2.15. The van der Waals surface area contributed by atoms with Crippen molar-refractivity contribution < 1.29 is 9.47 Å². The molecule has 15 heavy (non-hydrogen) atoms. The van der Waals surface area contributed by atoms with Crippen molar-refractivity contribution in [3.63, 3.8) is 0 Å². The summed E-state index contributed by atoms with van der Waals surface area (Å²) >= 11 is 0. The van der Waals surface area contributed by atoms with Crippen LogP contribution >= 0.6 is 0 Å². The van der Waals surface area contributed by atoms with E-state index in [9.17, 15) is 0 Å². The Balaban J connectivity index is 3.25. The average molecular weight is 205 g/mol. The Morgan fingerprint density at radius 2 is 1.73 bits per heavy atom. The number of rotatable bonds is 3. The maximum absolute atomic E-state index is 8.95. The molecule has 0 aliphatic carbocycles. The van der Waals surface area contributed by atoms with Crippen LogP contribution in [0.3, 0.4) is 0 Å². The smallest absolute Gasteiger partial charge is 0.169 e. The van der Waals surface area contributed by atoms with E-state index in [-0.39, 0.29) is 0 Å². The molecule has 1 aromatic rings. The molecular formula is C12H15NO2. The van der Waals surface area contributed by atoms with Gasteiger partial charge in [0.2, 0.25) is 0 Å². The van der Waals surface area contributed by atoms with Crippen molar-refractivity contribution in [1.29, 1.82) is 5.26 Å². The Morgan fingerprint density at radius 1 is 1.20 bits per heavy atom. The van der Waals surface area contributed by atoms with E-state index in [2.05, 4.69) is 6.07 Å². The van der Waals surface area contributed by atoms with Gasteiger partial charge in [-0.1, -0.05) is 0 Å². The van der Waals surface area contributed by atoms with E-state index in [1.807, 2.05) is 26.0 Å². The van der Waals surface area contributed by atoms with Crippen LogP contribution < -0.4 is 4.74 Å². The maximum atomic E-state index is 8.95. The highest BCUT2D eigenvalue weighted by Crippen LogP contribution is 2.28. The Bertz CT molecular complexity index is 370. The molecule has 0 aromatic heterocycles. The summed E-state index contributed by atoms with van der Waals surface area (Å²) in [5, 5.41) is 8.95. The van der Waals surface area contributed by atoms with Crippen molar-refractivity contribution in [1.82, 2.24) is 0 Å². The minimum Gasteiger partial charge on any atom is -0.497 e. The molecule has 0 heterocycles. The van der Waals surface area contributed by atoms with Gasteiger partial charge in [-0.05, 0) is 37.1 Å². The summed E-state index contributed by atoms with van der Waals surface area (Å²) in [4.78, 5) is 0. The van der Waals surface area contributed by atoms with Crippen molar-refractivity contribution in [2.75, 3.05) is 14.2 Å². The van der Waals surface area contributed by atoms with Crippen LogP contribution in [0.15, 0.2) is 12.1 Å². The van der Waals surface area contributed by atoms with Crippen molar-refractivity contribution in [3.05, 3.63) is 28.8 Å². The van der Waals surface area contributed by atoms with Crippen molar-refractivity contribution in [2.45, 2.75) is 20.0 Å². The first-order chi connectivity index (χ1) is 7.13. The fraction of sp³-hybridized carbons (Fsp3) is 0.417. The number of aryl methyl sites for hydroxylation is 2. The minimum atomic E-state index is -0.504. The SMILES string of the molecule is COc1cc(C)c(C(C#N)OC)c(C)c1. The quantitative estimate of drug-likeness (QED) is 0.761. The molecule has 3 nitrogen and oxygen atoms in total. The summed E-state index contributed by atoms with van der Waals surface area (Å²) in [6.07, 6.45) is -0.504. The topological polar surface area (TPSA) is 42.2 Å². The molecule has 0 aliphatic rings. The summed E-state index contributed by atoms with van der Waals surface area (Å²) in [5.74, 6) is 0.807. The van der Waals surface area contributed by atoms with Crippen LogP contribution in [0.5, 0.6) is 5.75 Å². The Morgan fingerprint density at radius 3 is 2.07 bits per heavy atom. The van der Waals surface area contributed by atoms with Crippen LogP contribution in [0.2, 0.25) is 0 Å². The van der Waals surface area contributed by atoms with Gasteiger partial charge < -0.3 is 9.47 Å². The lowest BCUT2D eigenvalue weighted by Crippen LogP contribution is -2.04. The van der Waals surface area contributed by atoms with Crippen molar-refractivity contribution in [3.8, 4) is 11.8 Å². The van der Waals surface area contributed by atoms with Crippen LogP contribution in [0.25, 0.3) is 0 Å². The van der Waals surface area contributed by atoms with Crippen molar-refractivity contribution in [2.24, 2.45) is 0 Å². The molecule has 0 saturated heterocycles. The third-order valence-corrected chi connectivity index (χ3v) is 2.42. The molecule has 0 radical (unpaired) electrons. The molecule has 0 bridgehead atoms. The standard InChI is InChI=1S/C12H15NO2/c1-8-5-10(14-3)6-9(2)12(8)11(7-13)15-4/h5-6,11H,1-4H3. The van der Waals surface area contributed by atoms with E-state index < -0.39 is 6.10 Å². The predicted octanol–water partition coefficient (Wildman–Crippen LogP) is 2.52. The molecule has 1 rings (SSSR count). The van der Waals surface area contributed by atoms with Gasteiger partial charge in [0.25, 0.3) is 0 Å². The largest absolute Gasteiger partial charge is 0.497 e. The zero-order valence-electron chi connectivity index (χ0n) is 9.50. The molecule has 1 atom stereocenters. The van der Waals surface area contributed by atoms with Gasteiger partial charge in [-0.15, -0.1) is 0 Å². The lowest BCUT2D eigenvalue weighted by molar-refractivity contribution is 0.147. The van der Waals surface area contributed by atoms with Crippen LogP contribution in [-0.4, -0.2) is 14.2 Å². The van der Waals surface area contributed by atoms with E-state index in [1.165, 1.54) is 7.11 Å². The second kappa shape index (κ2) is 4.81. The summed E-state index contributed by atoms with van der Waals surface area (Å²) in [5.41, 5.74) is 2.96. The number of nitriles is 1. The Hall–Kier alpha value is -1.53. The van der Waals surface area contributed by atoms with Crippen LogP contribution in [0, 0.1) is 25.2 Å². The summed E-state index contributed by atoms with van der Waals surface area (Å²) in [6.45, 7) is 3.91. The second-order valence-electron chi connectivity index (χ2n) is 3.42. The molecule has 80 valence electrons. The van der Waals surface area contributed by atoms with Gasteiger partial charge in [0.1, 0.15) is 5.75 Å². The Kier molecular flexibility index (Phi) is 3.70. The summed E-state index contributed by atoms with van der Waals surface area (Å²) in [6, 6.07) is 5.94. The maximum Gasteiger partial charge on any atom is 0.169 e. The average Bonchev–Trinajstić information content (AvgIpc) is 2.23. The summed E-state index contributed by atoms with van der Waals surface area (Å²) in [7, 11) is 3.17. The minimum absolute atomic E-state index is 0.504. The first kappa shape index (κ1) is 11.5. The number of ether oxygens (including phenoxy) is 2. The monoisotopic (exact) mass is 205 g/mol. The highest BCUT2D eigenvalue weighted by molar-refractivity contribution is 5.43. The van der Waals surface area contributed by atoms with E-state index in [0.29, 0.717) is 0 Å². The molecule has 0 fully saturated rings. The first-order valence-corrected chi connectivity index (χ1v) is 4.71. The van der Waals surface area contributed by atoms with E-state index in [4.69, 9.17) is 14.7 Å². The number of hydrogen-bond donors (Lipinski definition) is 0. The van der Waals surface area contributed by atoms with E-state index in [1.54, 1.807) is 7.11 Å². The number of methoxy groups -OCH3 is 2. The normalized spacial score (nSPS) is 11.9. The third kappa shape index (κ3) is 2.28. The second-order valence-corrected chi connectivity index (χ2v) is 3.42. The van der Waals surface area contributed by atoms with Crippen LogP contribution in [-0.2, 0) is 4.74 Å². The molecule has 0 aliphatic heterocycles.